The Labute approximate surface area is 112 Å². The van der Waals surface area contributed by atoms with Crippen LogP contribution in [0.4, 0.5) is 4.39 Å². The molecule has 1 heterocycles. The Morgan fingerprint density at radius 2 is 2.21 bits per heavy atom. The van der Waals surface area contributed by atoms with Crippen LogP contribution in [0.5, 0.6) is 0 Å². The van der Waals surface area contributed by atoms with Crippen molar-refractivity contribution in [1.29, 1.82) is 0 Å². The quantitative estimate of drug-likeness (QED) is 0.917. The highest BCUT2D eigenvalue weighted by Crippen LogP contribution is 2.33. The third-order valence-electron chi connectivity index (χ3n) is 3.93. The summed E-state index contributed by atoms with van der Waals surface area (Å²) in [4.78, 5) is 0. The van der Waals surface area contributed by atoms with E-state index in [1.165, 1.54) is 6.07 Å². The molecular formula is C15H17FN3. The average molecular weight is 258 g/mol. The van der Waals surface area contributed by atoms with Gasteiger partial charge in [0.05, 0.1) is 12.2 Å². The normalized spacial score (nSPS) is 22.3. The van der Waals surface area contributed by atoms with Crippen LogP contribution in [-0.2, 0) is 0 Å². The number of aromatic nitrogens is 2. The van der Waals surface area contributed by atoms with Crippen molar-refractivity contribution in [2.24, 2.45) is 0 Å². The molecule has 1 radical (unpaired) electrons. The van der Waals surface area contributed by atoms with Crippen LogP contribution in [0.25, 0.3) is 11.1 Å². The molecule has 3 nitrogen and oxygen atoms in total. The molecular weight excluding hydrogens is 241 g/mol. The van der Waals surface area contributed by atoms with E-state index in [1.807, 2.05) is 24.0 Å². The molecule has 0 bridgehead atoms. The summed E-state index contributed by atoms with van der Waals surface area (Å²) >= 11 is 0. The van der Waals surface area contributed by atoms with Gasteiger partial charge in [0.2, 0.25) is 0 Å². The molecule has 1 N–H and O–H groups in total. The molecule has 2 aromatic rings. The molecule has 0 unspecified atom stereocenters. The summed E-state index contributed by atoms with van der Waals surface area (Å²) < 4.78 is 15.5. The van der Waals surface area contributed by atoms with Gasteiger partial charge >= 0.3 is 0 Å². The number of rotatable bonds is 3. The Kier molecular flexibility index (Phi) is 3.11. The third-order valence-corrected chi connectivity index (χ3v) is 3.93. The molecule has 1 aliphatic rings. The lowest BCUT2D eigenvalue weighted by Gasteiger charge is -2.35. The summed E-state index contributed by atoms with van der Waals surface area (Å²) in [5, 5.41) is 7.65. The fourth-order valence-corrected chi connectivity index (χ4v) is 2.55. The van der Waals surface area contributed by atoms with Crippen molar-refractivity contribution in [2.45, 2.75) is 24.9 Å². The second-order valence-electron chi connectivity index (χ2n) is 5.09. The van der Waals surface area contributed by atoms with Crippen molar-refractivity contribution < 1.29 is 4.39 Å². The van der Waals surface area contributed by atoms with Gasteiger partial charge in [-0.1, -0.05) is 12.1 Å². The Balaban J connectivity index is 1.84. The predicted molar refractivity (Wildman–Crippen MR) is 73.2 cm³/mol. The number of hydrogen-bond donors (Lipinski definition) is 1. The molecule has 0 saturated heterocycles. The first kappa shape index (κ1) is 12.4. The van der Waals surface area contributed by atoms with Gasteiger partial charge in [0.25, 0.3) is 0 Å². The van der Waals surface area contributed by atoms with E-state index < -0.39 is 0 Å². The Bertz CT molecular complexity index is 585. The molecule has 4 heteroatoms. The van der Waals surface area contributed by atoms with E-state index in [4.69, 9.17) is 0 Å². The van der Waals surface area contributed by atoms with Crippen LogP contribution >= 0.6 is 0 Å². The topological polar surface area (TPSA) is 29.9 Å². The standard InChI is InChI=1S/C15H17FN3/c1-10-14(4-3-5-15(10)16)11-8-18-19(9-11)13-6-12(7-13)17-2/h3-5,8-9,12-13,17H,1,6-7H2,2H3/t12-,13-. The molecule has 1 aromatic heterocycles. The van der Waals surface area contributed by atoms with Crippen molar-refractivity contribution in [3.63, 3.8) is 0 Å². The van der Waals surface area contributed by atoms with Gasteiger partial charge in [-0.25, -0.2) is 4.39 Å². The molecule has 19 heavy (non-hydrogen) atoms. The summed E-state index contributed by atoms with van der Waals surface area (Å²) in [5.41, 5.74) is 2.18. The zero-order valence-corrected chi connectivity index (χ0v) is 10.9. The number of nitrogens with zero attached hydrogens (tertiary/aromatic N) is 2. The zero-order valence-electron chi connectivity index (χ0n) is 10.9. The molecule has 1 aliphatic carbocycles. The van der Waals surface area contributed by atoms with E-state index in [0.29, 0.717) is 17.6 Å². The van der Waals surface area contributed by atoms with Gasteiger partial charge in [0.15, 0.2) is 0 Å². The van der Waals surface area contributed by atoms with Gasteiger partial charge in [-0.05, 0) is 44.0 Å². The maximum Gasteiger partial charge on any atom is 0.127 e. The molecule has 1 fully saturated rings. The predicted octanol–water partition coefficient (Wildman–Crippen LogP) is 2.79. The van der Waals surface area contributed by atoms with Gasteiger partial charge < -0.3 is 5.32 Å². The Morgan fingerprint density at radius 3 is 2.95 bits per heavy atom. The zero-order chi connectivity index (χ0) is 13.4. The molecule has 1 saturated carbocycles. The van der Waals surface area contributed by atoms with Gasteiger partial charge in [-0.2, -0.15) is 5.10 Å². The number of benzene rings is 1. The summed E-state index contributed by atoms with van der Waals surface area (Å²) in [7, 11) is 1.98. The minimum absolute atomic E-state index is 0.274. The second-order valence-corrected chi connectivity index (χ2v) is 5.09. The summed E-state index contributed by atoms with van der Waals surface area (Å²) in [6, 6.07) is 6.06. The monoisotopic (exact) mass is 258 g/mol. The molecule has 99 valence electrons. The Hall–Kier alpha value is -1.68. The van der Waals surface area contributed by atoms with Gasteiger partial charge in [-0.15, -0.1) is 0 Å². The van der Waals surface area contributed by atoms with E-state index in [9.17, 15) is 4.39 Å². The van der Waals surface area contributed by atoms with Crippen LogP contribution in [0.3, 0.4) is 0 Å². The molecule has 0 spiro atoms. The number of hydrogen-bond acceptors (Lipinski definition) is 2. The minimum Gasteiger partial charge on any atom is -0.317 e. The van der Waals surface area contributed by atoms with E-state index in [0.717, 1.165) is 24.0 Å². The van der Waals surface area contributed by atoms with E-state index >= 15 is 0 Å². The van der Waals surface area contributed by atoms with Crippen molar-refractivity contribution in [1.82, 2.24) is 15.1 Å². The van der Waals surface area contributed by atoms with Crippen molar-refractivity contribution in [3.05, 3.63) is 48.9 Å². The van der Waals surface area contributed by atoms with Crippen molar-refractivity contribution >= 4 is 0 Å². The molecule has 0 atom stereocenters. The van der Waals surface area contributed by atoms with E-state index in [2.05, 4.69) is 17.3 Å². The van der Waals surface area contributed by atoms with Crippen LogP contribution in [0.15, 0.2) is 30.6 Å². The molecule has 1 aromatic carbocycles. The average Bonchev–Trinajstić information content (AvgIpc) is 2.80. The molecule has 0 aliphatic heterocycles. The van der Waals surface area contributed by atoms with Crippen LogP contribution in [0.2, 0.25) is 0 Å². The maximum absolute atomic E-state index is 13.5. The van der Waals surface area contributed by atoms with Crippen LogP contribution in [0.1, 0.15) is 24.4 Å². The third kappa shape index (κ3) is 2.16. The van der Waals surface area contributed by atoms with E-state index in [1.54, 1.807) is 12.3 Å². The first-order valence-electron chi connectivity index (χ1n) is 6.51. The lowest BCUT2D eigenvalue weighted by atomic mass is 9.87. The highest BCUT2D eigenvalue weighted by atomic mass is 19.1. The second kappa shape index (κ2) is 4.78. The maximum atomic E-state index is 13.5. The molecule has 3 rings (SSSR count). The van der Waals surface area contributed by atoms with Crippen LogP contribution in [0, 0.1) is 12.7 Å². The fraction of sp³-hybridized carbons (Fsp3) is 0.333. The lowest BCUT2D eigenvalue weighted by molar-refractivity contribution is 0.220. The Morgan fingerprint density at radius 1 is 1.42 bits per heavy atom. The smallest absolute Gasteiger partial charge is 0.127 e. The SMILES string of the molecule is [CH2]c1c(F)cccc1-c1cnn([C@H]2C[C@H](NC)C2)c1. The van der Waals surface area contributed by atoms with Crippen LogP contribution < -0.4 is 5.32 Å². The lowest BCUT2D eigenvalue weighted by Crippen LogP contribution is -2.40. The van der Waals surface area contributed by atoms with Crippen LogP contribution in [-0.4, -0.2) is 22.9 Å². The van der Waals surface area contributed by atoms with E-state index in [-0.39, 0.29) is 5.82 Å². The first-order chi connectivity index (χ1) is 9.19. The van der Waals surface area contributed by atoms with Gasteiger partial charge in [0.1, 0.15) is 5.82 Å². The minimum atomic E-state index is -0.274. The molecule has 0 amide bonds. The largest absolute Gasteiger partial charge is 0.317 e. The highest BCUT2D eigenvalue weighted by Gasteiger charge is 2.29. The number of nitrogens with one attached hydrogen (secondary N) is 1. The summed E-state index contributed by atoms with van der Waals surface area (Å²) in [6.45, 7) is 3.79. The summed E-state index contributed by atoms with van der Waals surface area (Å²) in [5.74, 6) is -0.274. The van der Waals surface area contributed by atoms with Gasteiger partial charge in [-0.3, -0.25) is 4.68 Å². The first-order valence-corrected chi connectivity index (χ1v) is 6.51. The van der Waals surface area contributed by atoms with Crippen molar-refractivity contribution in [2.75, 3.05) is 7.05 Å². The van der Waals surface area contributed by atoms with Crippen molar-refractivity contribution in [3.8, 4) is 11.1 Å². The highest BCUT2D eigenvalue weighted by molar-refractivity contribution is 5.67. The number of halogens is 1. The van der Waals surface area contributed by atoms with Gasteiger partial charge in [0, 0.05) is 17.8 Å². The fourth-order valence-electron chi connectivity index (χ4n) is 2.55. The summed E-state index contributed by atoms with van der Waals surface area (Å²) in [6.07, 6.45) is 5.96.